The van der Waals surface area contributed by atoms with E-state index in [0.717, 1.165) is 24.3 Å². The molecule has 1 aliphatic heterocycles. The Hall–Kier alpha value is -3.49. The Labute approximate surface area is 172 Å². The van der Waals surface area contributed by atoms with Crippen molar-refractivity contribution in [1.82, 2.24) is 19.9 Å². The molecule has 30 heavy (non-hydrogen) atoms. The molecule has 0 saturated carbocycles. The molecule has 8 nitrogen and oxygen atoms in total. The third-order valence-electron chi connectivity index (χ3n) is 5.27. The highest BCUT2D eigenvalue weighted by Gasteiger charge is 2.27. The fourth-order valence-corrected chi connectivity index (χ4v) is 4.01. The number of hydrogen-bond acceptors (Lipinski definition) is 5. The van der Waals surface area contributed by atoms with Crippen LogP contribution in [0.4, 0.5) is 10.1 Å². The maximum atomic E-state index is 14.3. The van der Waals surface area contributed by atoms with Gasteiger partial charge in [0.05, 0.1) is 28.3 Å². The van der Waals surface area contributed by atoms with Gasteiger partial charge in [-0.1, -0.05) is 6.07 Å². The smallest absolute Gasteiger partial charge is 0.338 e. The lowest BCUT2D eigenvalue weighted by molar-refractivity contribution is -0.119. The van der Waals surface area contributed by atoms with Crippen LogP contribution in [0.15, 0.2) is 24.3 Å². The number of aryl methyl sites for hydroxylation is 2. The number of imidazole rings is 1. The summed E-state index contributed by atoms with van der Waals surface area (Å²) in [5, 5.41) is 16.6. The number of anilines is 1. The van der Waals surface area contributed by atoms with Gasteiger partial charge in [-0.2, -0.15) is 5.10 Å². The molecule has 0 bridgehead atoms. The van der Waals surface area contributed by atoms with Gasteiger partial charge in [-0.15, -0.1) is 0 Å². The summed E-state index contributed by atoms with van der Waals surface area (Å²) in [5.74, 6) is -2.17. The van der Waals surface area contributed by atoms with Crippen LogP contribution in [0, 0.1) is 19.7 Å². The van der Waals surface area contributed by atoms with Crippen molar-refractivity contribution in [3.8, 4) is 11.3 Å². The molecule has 0 aliphatic carbocycles. The molecule has 1 aromatic carbocycles. The fraction of sp³-hybridized carbons (Fsp3) is 0.333. The Morgan fingerprint density at radius 1 is 1.27 bits per heavy atom. The maximum absolute atomic E-state index is 14.3. The highest BCUT2D eigenvalue weighted by atomic mass is 19.1. The van der Waals surface area contributed by atoms with Gasteiger partial charge in [-0.25, -0.2) is 18.7 Å². The first-order valence-corrected chi connectivity index (χ1v) is 9.67. The first kappa shape index (κ1) is 19.8. The molecule has 3 aromatic rings. The summed E-state index contributed by atoms with van der Waals surface area (Å²) in [6.45, 7) is 6.64. The van der Waals surface area contributed by atoms with Gasteiger partial charge in [0.15, 0.2) is 5.65 Å². The minimum Gasteiger partial charge on any atom is -0.478 e. The normalized spacial score (nSPS) is 16.3. The van der Waals surface area contributed by atoms with E-state index < -0.39 is 11.8 Å². The number of rotatable bonds is 4. The number of fused-ring (bicyclic) bond motifs is 1. The van der Waals surface area contributed by atoms with Crippen LogP contribution in [-0.4, -0.2) is 50.7 Å². The largest absolute Gasteiger partial charge is 0.478 e. The minimum atomic E-state index is -1.31. The molecule has 1 fully saturated rings. The van der Waals surface area contributed by atoms with Crippen LogP contribution in [0.2, 0.25) is 0 Å². The van der Waals surface area contributed by atoms with Crippen LogP contribution in [0.3, 0.4) is 0 Å². The molecule has 1 atom stereocenters. The number of halogens is 1. The molecule has 3 heterocycles. The number of carboxylic acid groups (broad SMARTS) is 1. The molecule has 1 amide bonds. The molecular formula is C21H22FN5O3. The third kappa shape index (κ3) is 3.47. The van der Waals surface area contributed by atoms with Crippen molar-refractivity contribution in [2.75, 3.05) is 18.0 Å². The SMILES string of the molecule is CC(=O)N[C@@H]1CCN(c2cc(C)nn3c(-c4ccc(C(=O)O)c(F)c4)c(C)nc23)C1. The third-order valence-corrected chi connectivity index (χ3v) is 5.27. The van der Waals surface area contributed by atoms with Crippen molar-refractivity contribution >= 4 is 23.2 Å². The second kappa shape index (κ2) is 7.40. The van der Waals surface area contributed by atoms with Gasteiger partial charge in [-0.3, -0.25) is 4.79 Å². The van der Waals surface area contributed by atoms with E-state index in [2.05, 4.69) is 20.3 Å². The molecule has 9 heteroatoms. The molecule has 1 saturated heterocycles. The Morgan fingerprint density at radius 2 is 2.03 bits per heavy atom. The van der Waals surface area contributed by atoms with E-state index in [4.69, 9.17) is 5.11 Å². The van der Waals surface area contributed by atoms with Crippen LogP contribution < -0.4 is 10.2 Å². The molecule has 4 rings (SSSR count). The van der Waals surface area contributed by atoms with E-state index in [0.29, 0.717) is 29.1 Å². The van der Waals surface area contributed by atoms with Crippen LogP contribution in [0.1, 0.15) is 35.1 Å². The number of carbonyl (C=O) groups excluding carboxylic acids is 1. The second-order valence-electron chi connectivity index (χ2n) is 7.58. The van der Waals surface area contributed by atoms with E-state index in [1.165, 1.54) is 19.1 Å². The molecule has 0 unspecified atom stereocenters. The number of hydrogen-bond donors (Lipinski definition) is 2. The average Bonchev–Trinajstić information content (AvgIpc) is 3.23. The van der Waals surface area contributed by atoms with E-state index in [1.807, 2.05) is 19.9 Å². The number of aromatic carboxylic acids is 1. The fourth-order valence-electron chi connectivity index (χ4n) is 4.01. The zero-order valence-corrected chi connectivity index (χ0v) is 16.9. The first-order valence-electron chi connectivity index (χ1n) is 9.67. The van der Waals surface area contributed by atoms with E-state index in [-0.39, 0.29) is 17.5 Å². The summed E-state index contributed by atoms with van der Waals surface area (Å²) in [6, 6.07) is 6.04. The summed E-state index contributed by atoms with van der Waals surface area (Å²) in [5.41, 5.74) is 3.70. The summed E-state index contributed by atoms with van der Waals surface area (Å²) >= 11 is 0. The standard InChI is InChI=1S/C21H22FN5O3/c1-11-8-18(26-7-6-15(10-26)24-13(3)28)20-23-12(2)19(27(20)25-11)14-4-5-16(21(29)30)17(22)9-14/h4-5,8-9,15H,6-7,10H2,1-3H3,(H,24,28)(H,29,30)/t15-/m1/s1. The number of nitrogens with zero attached hydrogens (tertiary/aromatic N) is 4. The van der Waals surface area contributed by atoms with E-state index >= 15 is 0 Å². The van der Waals surface area contributed by atoms with Gasteiger partial charge >= 0.3 is 5.97 Å². The second-order valence-corrected chi connectivity index (χ2v) is 7.58. The molecule has 2 N–H and O–H groups in total. The molecule has 1 aliphatic rings. The molecule has 0 radical (unpaired) electrons. The van der Waals surface area contributed by atoms with Crippen LogP contribution >= 0.6 is 0 Å². The number of nitrogens with one attached hydrogen (secondary N) is 1. The van der Waals surface area contributed by atoms with Gasteiger partial charge in [-0.05, 0) is 38.5 Å². The van der Waals surface area contributed by atoms with Crippen molar-refractivity contribution in [3.05, 3.63) is 47.0 Å². The lowest BCUT2D eigenvalue weighted by Crippen LogP contribution is -2.35. The summed E-state index contributed by atoms with van der Waals surface area (Å²) < 4.78 is 16.0. The predicted molar refractivity (Wildman–Crippen MR) is 109 cm³/mol. The van der Waals surface area contributed by atoms with Crippen LogP contribution in [0.25, 0.3) is 16.9 Å². The Bertz CT molecular complexity index is 1170. The van der Waals surface area contributed by atoms with Gasteiger partial charge in [0.1, 0.15) is 5.82 Å². The van der Waals surface area contributed by atoms with Gasteiger partial charge in [0.25, 0.3) is 0 Å². The highest BCUT2D eigenvalue weighted by Crippen LogP contribution is 2.32. The van der Waals surface area contributed by atoms with Crippen LogP contribution in [-0.2, 0) is 4.79 Å². The Morgan fingerprint density at radius 3 is 2.70 bits per heavy atom. The van der Waals surface area contributed by atoms with E-state index in [9.17, 15) is 14.0 Å². The van der Waals surface area contributed by atoms with Crippen molar-refractivity contribution < 1.29 is 19.1 Å². The maximum Gasteiger partial charge on any atom is 0.338 e. The predicted octanol–water partition coefficient (Wildman–Crippen LogP) is 2.57. The first-order chi connectivity index (χ1) is 14.2. The number of benzene rings is 1. The van der Waals surface area contributed by atoms with Crippen molar-refractivity contribution in [3.63, 3.8) is 0 Å². The zero-order chi connectivity index (χ0) is 21.6. The summed E-state index contributed by atoms with van der Waals surface area (Å²) in [7, 11) is 0. The van der Waals surface area contributed by atoms with Gasteiger partial charge in [0.2, 0.25) is 5.91 Å². The number of carbonyl (C=O) groups is 2. The lowest BCUT2D eigenvalue weighted by atomic mass is 10.1. The minimum absolute atomic E-state index is 0.0521. The van der Waals surface area contributed by atoms with E-state index in [1.54, 1.807) is 10.6 Å². The molecule has 0 spiro atoms. The van der Waals surface area contributed by atoms with Crippen molar-refractivity contribution in [1.29, 1.82) is 0 Å². The number of aromatic nitrogens is 3. The van der Waals surface area contributed by atoms with Gasteiger partial charge in [0, 0.05) is 31.6 Å². The summed E-state index contributed by atoms with van der Waals surface area (Å²) in [4.78, 5) is 29.4. The quantitative estimate of drug-likeness (QED) is 0.685. The monoisotopic (exact) mass is 411 g/mol. The number of amides is 1. The Balaban J connectivity index is 1.79. The highest BCUT2D eigenvalue weighted by molar-refractivity contribution is 5.89. The topological polar surface area (TPSA) is 99.8 Å². The van der Waals surface area contributed by atoms with Crippen molar-refractivity contribution in [2.24, 2.45) is 0 Å². The van der Waals surface area contributed by atoms with Gasteiger partial charge < -0.3 is 15.3 Å². The molecule has 2 aromatic heterocycles. The van der Waals surface area contributed by atoms with Crippen molar-refractivity contribution in [2.45, 2.75) is 33.2 Å². The molecular weight excluding hydrogens is 389 g/mol. The summed E-state index contributed by atoms with van der Waals surface area (Å²) in [6.07, 6.45) is 0.835. The molecule has 156 valence electrons. The average molecular weight is 411 g/mol. The lowest BCUT2D eigenvalue weighted by Gasteiger charge is -2.20. The van der Waals surface area contributed by atoms with Crippen LogP contribution in [0.5, 0.6) is 0 Å². The Kier molecular flexibility index (Phi) is 4.89. The number of carboxylic acids is 1. The zero-order valence-electron chi connectivity index (χ0n) is 16.9.